The smallest absolute Gasteiger partial charge is 0.309 e. The van der Waals surface area contributed by atoms with E-state index in [1.165, 1.54) is 32.1 Å². The van der Waals surface area contributed by atoms with E-state index in [0.717, 1.165) is 31.1 Å². The quantitative estimate of drug-likeness (QED) is 0.704. The molecule has 0 spiro atoms. The Morgan fingerprint density at radius 1 is 1.14 bits per heavy atom. The van der Waals surface area contributed by atoms with Crippen LogP contribution in [0.2, 0.25) is 0 Å². The van der Waals surface area contributed by atoms with Crippen molar-refractivity contribution in [3.8, 4) is 0 Å². The highest BCUT2D eigenvalue weighted by Crippen LogP contribution is 2.65. The first-order valence-corrected chi connectivity index (χ1v) is 9.12. The number of carbonyl (C=O) groups is 1. The van der Waals surface area contributed by atoms with Crippen molar-refractivity contribution in [3.63, 3.8) is 0 Å². The van der Waals surface area contributed by atoms with Crippen LogP contribution in [0.3, 0.4) is 0 Å². The number of carboxylic acids is 1. The van der Waals surface area contributed by atoms with Crippen LogP contribution in [0.4, 0.5) is 0 Å². The summed E-state index contributed by atoms with van der Waals surface area (Å²) >= 11 is 0. The van der Waals surface area contributed by atoms with Gasteiger partial charge >= 0.3 is 5.97 Å². The SMILES string of the molecule is C=C[C@@]1(C)CCC2[C@@H](CC[C@@H]3[C@](C)(C(=O)O)CCC[C@@]23C)C1. The van der Waals surface area contributed by atoms with Gasteiger partial charge in [0.1, 0.15) is 0 Å². The Bertz CT molecular complexity index is 484. The number of carboxylic acid groups (broad SMARTS) is 1. The fourth-order valence-corrected chi connectivity index (χ4v) is 6.56. The van der Waals surface area contributed by atoms with E-state index in [1.54, 1.807) is 0 Å². The average Bonchev–Trinajstić information content (AvgIpc) is 2.46. The number of rotatable bonds is 2. The Balaban J connectivity index is 1.90. The monoisotopic (exact) mass is 304 g/mol. The topological polar surface area (TPSA) is 37.3 Å². The van der Waals surface area contributed by atoms with Gasteiger partial charge in [-0.1, -0.05) is 26.3 Å². The summed E-state index contributed by atoms with van der Waals surface area (Å²) in [5.41, 5.74) is 0.0308. The zero-order valence-corrected chi connectivity index (χ0v) is 14.5. The molecule has 0 aromatic carbocycles. The largest absolute Gasteiger partial charge is 0.481 e. The van der Waals surface area contributed by atoms with E-state index in [4.69, 9.17) is 0 Å². The fourth-order valence-electron chi connectivity index (χ4n) is 6.56. The molecule has 6 atom stereocenters. The molecular weight excluding hydrogens is 272 g/mol. The van der Waals surface area contributed by atoms with Gasteiger partial charge in [-0.15, -0.1) is 6.58 Å². The summed E-state index contributed by atoms with van der Waals surface area (Å²) in [6.45, 7) is 10.9. The molecule has 22 heavy (non-hydrogen) atoms. The summed E-state index contributed by atoms with van der Waals surface area (Å²) in [6, 6.07) is 0. The molecule has 0 radical (unpaired) electrons. The molecule has 2 nitrogen and oxygen atoms in total. The lowest BCUT2D eigenvalue weighted by Gasteiger charge is -2.61. The number of hydrogen-bond donors (Lipinski definition) is 1. The van der Waals surface area contributed by atoms with Crippen molar-refractivity contribution in [2.24, 2.45) is 34.0 Å². The number of aliphatic carboxylic acids is 1. The van der Waals surface area contributed by atoms with E-state index >= 15 is 0 Å². The highest BCUT2D eigenvalue weighted by molar-refractivity contribution is 5.75. The molecule has 3 fully saturated rings. The molecule has 124 valence electrons. The number of allylic oxidation sites excluding steroid dienone is 1. The van der Waals surface area contributed by atoms with Gasteiger partial charge in [0.05, 0.1) is 5.41 Å². The van der Waals surface area contributed by atoms with Crippen molar-refractivity contribution in [1.82, 2.24) is 0 Å². The molecule has 0 aromatic rings. The van der Waals surface area contributed by atoms with Crippen LogP contribution in [0.1, 0.15) is 72.1 Å². The first-order chi connectivity index (χ1) is 10.3. The van der Waals surface area contributed by atoms with Crippen LogP contribution in [0.5, 0.6) is 0 Å². The van der Waals surface area contributed by atoms with Crippen LogP contribution >= 0.6 is 0 Å². The predicted molar refractivity (Wildman–Crippen MR) is 89.6 cm³/mol. The Morgan fingerprint density at radius 2 is 1.86 bits per heavy atom. The lowest BCUT2D eigenvalue weighted by atomic mass is 9.43. The molecule has 3 aliphatic carbocycles. The van der Waals surface area contributed by atoms with Crippen LogP contribution in [0.25, 0.3) is 0 Å². The molecule has 3 rings (SSSR count). The summed E-state index contributed by atoms with van der Waals surface area (Å²) in [7, 11) is 0. The molecule has 1 N–H and O–H groups in total. The van der Waals surface area contributed by atoms with E-state index in [-0.39, 0.29) is 5.41 Å². The average molecular weight is 304 g/mol. The molecule has 0 amide bonds. The van der Waals surface area contributed by atoms with Crippen molar-refractivity contribution in [1.29, 1.82) is 0 Å². The first-order valence-electron chi connectivity index (χ1n) is 9.12. The van der Waals surface area contributed by atoms with Crippen LogP contribution in [-0.4, -0.2) is 11.1 Å². The van der Waals surface area contributed by atoms with Gasteiger partial charge in [-0.05, 0) is 80.5 Å². The third kappa shape index (κ3) is 2.17. The van der Waals surface area contributed by atoms with Gasteiger partial charge in [0.25, 0.3) is 0 Å². The normalized spacial score (nSPS) is 51.5. The Labute approximate surface area is 135 Å². The van der Waals surface area contributed by atoms with Crippen LogP contribution in [-0.2, 0) is 4.79 Å². The summed E-state index contributed by atoms with van der Waals surface area (Å²) in [4.78, 5) is 12.0. The van der Waals surface area contributed by atoms with E-state index < -0.39 is 11.4 Å². The minimum Gasteiger partial charge on any atom is -0.481 e. The third-order valence-electron chi connectivity index (χ3n) is 7.96. The summed E-state index contributed by atoms with van der Waals surface area (Å²) in [5.74, 6) is 1.29. The van der Waals surface area contributed by atoms with Gasteiger partial charge in [0.2, 0.25) is 0 Å². The van der Waals surface area contributed by atoms with E-state index in [1.807, 2.05) is 6.92 Å². The maximum atomic E-state index is 12.0. The first kappa shape index (κ1) is 16.1. The van der Waals surface area contributed by atoms with Gasteiger partial charge < -0.3 is 5.11 Å². The molecule has 1 unspecified atom stereocenters. The van der Waals surface area contributed by atoms with Crippen molar-refractivity contribution < 1.29 is 9.90 Å². The highest BCUT2D eigenvalue weighted by atomic mass is 16.4. The van der Waals surface area contributed by atoms with Gasteiger partial charge in [-0.2, -0.15) is 0 Å². The molecule has 3 saturated carbocycles. The van der Waals surface area contributed by atoms with E-state index in [0.29, 0.717) is 11.3 Å². The minimum absolute atomic E-state index is 0.233. The third-order valence-corrected chi connectivity index (χ3v) is 7.96. The van der Waals surface area contributed by atoms with E-state index in [2.05, 4.69) is 26.5 Å². The molecule has 0 saturated heterocycles. The van der Waals surface area contributed by atoms with E-state index in [9.17, 15) is 9.90 Å². The van der Waals surface area contributed by atoms with Crippen molar-refractivity contribution in [2.75, 3.05) is 0 Å². The second-order valence-corrected chi connectivity index (χ2v) is 9.18. The Hall–Kier alpha value is -0.790. The van der Waals surface area contributed by atoms with Gasteiger partial charge in [-0.3, -0.25) is 4.79 Å². The summed E-state index contributed by atoms with van der Waals surface area (Å²) in [5, 5.41) is 9.85. The second kappa shape index (κ2) is 5.11. The van der Waals surface area contributed by atoms with Crippen LogP contribution in [0.15, 0.2) is 12.7 Å². The molecular formula is C20H32O2. The highest BCUT2D eigenvalue weighted by Gasteiger charge is 2.59. The molecule has 2 heteroatoms. The lowest BCUT2D eigenvalue weighted by molar-refractivity contribution is -0.173. The molecule has 3 aliphatic rings. The van der Waals surface area contributed by atoms with Crippen LogP contribution in [0, 0.1) is 34.0 Å². The number of fused-ring (bicyclic) bond motifs is 3. The molecule has 0 bridgehead atoms. The summed E-state index contributed by atoms with van der Waals surface area (Å²) in [6.07, 6.45) is 11.4. The van der Waals surface area contributed by atoms with Crippen molar-refractivity contribution in [3.05, 3.63) is 12.7 Å². The molecule has 0 aliphatic heterocycles. The maximum Gasteiger partial charge on any atom is 0.309 e. The lowest BCUT2D eigenvalue weighted by Crippen LogP contribution is -2.56. The van der Waals surface area contributed by atoms with Gasteiger partial charge in [-0.25, -0.2) is 0 Å². The number of hydrogen-bond acceptors (Lipinski definition) is 1. The fraction of sp³-hybridized carbons (Fsp3) is 0.850. The standard InChI is InChI=1S/C20H32O2/c1-5-18(2)12-9-15-14(13-18)7-8-16-19(15,3)10-6-11-20(16,4)17(21)22/h5,14-16H,1,6-13H2,2-4H3,(H,21,22)/t14-,15?,16-,18-,19-,20+/m0/s1. The zero-order chi connectivity index (χ0) is 16.2. The van der Waals surface area contributed by atoms with Gasteiger partial charge in [0.15, 0.2) is 0 Å². The van der Waals surface area contributed by atoms with Crippen molar-refractivity contribution >= 4 is 5.97 Å². The second-order valence-electron chi connectivity index (χ2n) is 9.18. The molecule has 0 aromatic heterocycles. The van der Waals surface area contributed by atoms with Gasteiger partial charge in [0, 0.05) is 0 Å². The summed E-state index contributed by atoms with van der Waals surface area (Å²) < 4.78 is 0. The minimum atomic E-state index is -0.561. The van der Waals surface area contributed by atoms with Crippen molar-refractivity contribution in [2.45, 2.75) is 72.1 Å². The maximum absolute atomic E-state index is 12.0. The Kier molecular flexibility index (Phi) is 3.73. The predicted octanol–water partition coefficient (Wildman–Crippen LogP) is 5.29. The zero-order valence-electron chi connectivity index (χ0n) is 14.5. The Morgan fingerprint density at radius 3 is 2.50 bits per heavy atom. The molecule has 0 heterocycles. The van der Waals surface area contributed by atoms with Crippen LogP contribution < -0.4 is 0 Å².